The Morgan fingerprint density at radius 3 is 2.24 bits per heavy atom. The lowest BCUT2D eigenvalue weighted by Crippen LogP contribution is -2.39. The fraction of sp³-hybridized carbons (Fsp3) is 0.538. The monoisotopic (exact) mass is 252 g/mol. The van der Waals surface area contributed by atoms with Crippen LogP contribution in [0.3, 0.4) is 0 Å². The zero-order chi connectivity index (χ0) is 12.1. The molecule has 1 aromatic rings. The zero-order valence-electron chi connectivity index (χ0n) is 10.2. The van der Waals surface area contributed by atoms with E-state index in [4.69, 9.17) is 0 Å². The highest BCUT2D eigenvalue weighted by Gasteiger charge is 2.21. The summed E-state index contributed by atoms with van der Waals surface area (Å²) in [5.74, 6) is 0. The van der Waals surface area contributed by atoms with Crippen LogP contribution in [0, 0.1) is 0 Å². The Morgan fingerprint density at radius 2 is 1.65 bits per heavy atom. The molecular weight excluding hydrogens is 232 g/mol. The molecule has 0 aliphatic heterocycles. The largest absolute Gasteiger partial charge is 0.317 e. The second-order valence-electron chi connectivity index (χ2n) is 4.54. The molecule has 0 heterocycles. The molecule has 0 amide bonds. The SMILES string of the molecule is CNC1CCC(NS(=O)c2ccccc2)CC1. The Kier molecular flexibility index (Phi) is 4.71. The summed E-state index contributed by atoms with van der Waals surface area (Å²) >= 11 is 0. The van der Waals surface area contributed by atoms with Crippen LogP contribution in [0.25, 0.3) is 0 Å². The van der Waals surface area contributed by atoms with Crippen LogP contribution in [0.4, 0.5) is 0 Å². The molecule has 0 radical (unpaired) electrons. The molecule has 1 atom stereocenters. The van der Waals surface area contributed by atoms with Crippen LogP contribution in [0.15, 0.2) is 35.2 Å². The Morgan fingerprint density at radius 1 is 1.06 bits per heavy atom. The molecule has 2 N–H and O–H groups in total. The Bertz CT molecular complexity index is 361. The summed E-state index contributed by atoms with van der Waals surface area (Å²) in [6.07, 6.45) is 4.54. The maximum absolute atomic E-state index is 12.0. The second-order valence-corrected chi connectivity index (χ2v) is 5.78. The number of hydrogen-bond acceptors (Lipinski definition) is 2. The van der Waals surface area contributed by atoms with Crippen LogP contribution in [0.2, 0.25) is 0 Å². The minimum atomic E-state index is -1.06. The quantitative estimate of drug-likeness (QED) is 0.858. The van der Waals surface area contributed by atoms with Gasteiger partial charge >= 0.3 is 0 Å². The molecule has 0 bridgehead atoms. The number of benzene rings is 1. The fourth-order valence-electron chi connectivity index (χ4n) is 2.26. The summed E-state index contributed by atoms with van der Waals surface area (Å²) in [7, 11) is 0.950. The Balaban J connectivity index is 1.84. The average molecular weight is 252 g/mol. The first-order valence-corrected chi connectivity index (χ1v) is 7.35. The number of rotatable bonds is 4. The molecule has 1 fully saturated rings. The van der Waals surface area contributed by atoms with Gasteiger partial charge in [0.05, 0.1) is 4.90 Å². The van der Waals surface area contributed by atoms with Gasteiger partial charge in [0.15, 0.2) is 0 Å². The summed E-state index contributed by atoms with van der Waals surface area (Å²) in [6, 6.07) is 10.6. The molecule has 2 rings (SSSR count). The van der Waals surface area contributed by atoms with Gasteiger partial charge in [-0.05, 0) is 44.9 Å². The van der Waals surface area contributed by atoms with E-state index in [0.29, 0.717) is 12.1 Å². The van der Waals surface area contributed by atoms with Crippen molar-refractivity contribution >= 4 is 11.0 Å². The summed E-state index contributed by atoms with van der Waals surface area (Å²) in [5.41, 5.74) is 0. The number of nitrogens with one attached hydrogen (secondary N) is 2. The zero-order valence-corrected chi connectivity index (χ0v) is 11.0. The van der Waals surface area contributed by atoms with E-state index in [0.717, 1.165) is 17.7 Å². The van der Waals surface area contributed by atoms with Crippen molar-refractivity contribution in [1.29, 1.82) is 0 Å². The van der Waals surface area contributed by atoms with Crippen molar-refractivity contribution in [3.8, 4) is 0 Å². The lowest BCUT2D eigenvalue weighted by molar-refractivity contribution is 0.346. The molecule has 1 aliphatic rings. The standard InChI is InChI=1S/C13H20N2OS/c1-14-11-7-9-12(10-8-11)15-17(16)13-5-3-2-4-6-13/h2-6,11-12,14-15H,7-10H2,1H3. The molecule has 0 saturated heterocycles. The van der Waals surface area contributed by atoms with Crippen LogP contribution in [0.1, 0.15) is 25.7 Å². The minimum absolute atomic E-state index is 0.389. The lowest BCUT2D eigenvalue weighted by atomic mass is 9.92. The maximum atomic E-state index is 12.0. The van der Waals surface area contributed by atoms with E-state index in [1.165, 1.54) is 12.8 Å². The summed E-state index contributed by atoms with van der Waals surface area (Å²) < 4.78 is 15.3. The van der Waals surface area contributed by atoms with Crippen LogP contribution >= 0.6 is 0 Å². The molecule has 4 heteroatoms. The fourth-order valence-corrected chi connectivity index (χ4v) is 3.34. The molecule has 1 unspecified atom stereocenters. The topological polar surface area (TPSA) is 41.1 Å². The Labute approximate surface area is 106 Å². The van der Waals surface area contributed by atoms with Gasteiger partial charge in [0.1, 0.15) is 11.0 Å². The first kappa shape index (κ1) is 12.7. The highest BCUT2D eigenvalue weighted by molar-refractivity contribution is 7.83. The van der Waals surface area contributed by atoms with Crippen LogP contribution in [-0.2, 0) is 11.0 Å². The predicted octanol–water partition coefficient (Wildman–Crippen LogP) is 1.83. The third-order valence-corrected chi connectivity index (χ3v) is 4.61. The third kappa shape index (κ3) is 3.63. The van der Waals surface area contributed by atoms with E-state index in [2.05, 4.69) is 10.0 Å². The number of hydrogen-bond donors (Lipinski definition) is 2. The van der Waals surface area contributed by atoms with Gasteiger partial charge in [0.25, 0.3) is 0 Å². The van der Waals surface area contributed by atoms with Crippen LogP contribution < -0.4 is 10.0 Å². The molecule has 1 aromatic carbocycles. The maximum Gasteiger partial charge on any atom is 0.125 e. The molecule has 1 saturated carbocycles. The van der Waals surface area contributed by atoms with Crippen molar-refractivity contribution in [2.75, 3.05) is 7.05 Å². The van der Waals surface area contributed by atoms with Crippen molar-refractivity contribution in [3.05, 3.63) is 30.3 Å². The smallest absolute Gasteiger partial charge is 0.125 e. The average Bonchev–Trinajstić information content (AvgIpc) is 2.40. The van der Waals surface area contributed by atoms with Crippen molar-refractivity contribution in [2.24, 2.45) is 0 Å². The molecule has 94 valence electrons. The van der Waals surface area contributed by atoms with Crippen LogP contribution in [-0.4, -0.2) is 23.3 Å². The Hall–Kier alpha value is -0.710. The third-order valence-electron chi connectivity index (χ3n) is 3.37. The van der Waals surface area contributed by atoms with Gasteiger partial charge in [-0.3, -0.25) is 0 Å². The summed E-state index contributed by atoms with van der Waals surface area (Å²) in [6.45, 7) is 0. The first-order valence-electron chi connectivity index (χ1n) is 6.20. The highest BCUT2D eigenvalue weighted by Crippen LogP contribution is 2.19. The molecular formula is C13H20N2OS. The molecule has 3 nitrogen and oxygen atoms in total. The van der Waals surface area contributed by atoms with Gasteiger partial charge in [-0.25, -0.2) is 8.93 Å². The molecule has 0 aromatic heterocycles. The minimum Gasteiger partial charge on any atom is -0.317 e. The van der Waals surface area contributed by atoms with E-state index >= 15 is 0 Å². The van der Waals surface area contributed by atoms with E-state index in [1.807, 2.05) is 37.4 Å². The van der Waals surface area contributed by atoms with Crippen molar-refractivity contribution in [1.82, 2.24) is 10.0 Å². The first-order chi connectivity index (χ1) is 8.29. The summed E-state index contributed by atoms with van der Waals surface area (Å²) in [5, 5.41) is 3.31. The van der Waals surface area contributed by atoms with E-state index < -0.39 is 11.0 Å². The van der Waals surface area contributed by atoms with Gasteiger partial charge in [-0.15, -0.1) is 0 Å². The molecule has 0 spiro atoms. The predicted molar refractivity (Wildman–Crippen MR) is 71.1 cm³/mol. The van der Waals surface area contributed by atoms with E-state index in [9.17, 15) is 4.21 Å². The van der Waals surface area contributed by atoms with Crippen molar-refractivity contribution < 1.29 is 4.21 Å². The van der Waals surface area contributed by atoms with Crippen LogP contribution in [0.5, 0.6) is 0 Å². The van der Waals surface area contributed by atoms with Crippen molar-refractivity contribution in [2.45, 2.75) is 42.7 Å². The van der Waals surface area contributed by atoms with Gasteiger partial charge in [0.2, 0.25) is 0 Å². The van der Waals surface area contributed by atoms with Gasteiger partial charge in [-0.1, -0.05) is 18.2 Å². The van der Waals surface area contributed by atoms with E-state index in [1.54, 1.807) is 0 Å². The normalized spacial score (nSPS) is 26.6. The van der Waals surface area contributed by atoms with Gasteiger partial charge in [-0.2, -0.15) is 0 Å². The molecule has 1 aliphatic carbocycles. The summed E-state index contributed by atoms with van der Waals surface area (Å²) in [4.78, 5) is 0.864. The van der Waals surface area contributed by atoms with E-state index in [-0.39, 0.29) is 0 Å². The van der Waals surface area contributed by atoms with Gasteiger partial charge < -0.3 is 5.32 Å². The highest BCUT2D eigenvalue weighted by atomic mass is 32.2. The molecule has 17 heavy (non-hydrogen) atoms. The lowest BCUT2D eigenvalue weighted by Gasteiger charge is -2.28. The second kappa shape index (κ2) is 6.28. The van der Waals surface area contributed by atoms with Gasteiger partial charge in [0, 0.05) is 12.1 Å². The van der Waals surface area contributed by atoms with Crippen molar-refractivity contribution in [3.63, 3.8) is 0 Å².